The number of benzene rings is 2. The van der Waals surface area contributed by atoms with Gasteiger partial charge in [0.05, 0.1) is 14.2 Å². The summed E-state index contributed by atoms with van der Waals surface area (Å²) in [4.78, 5) is 37.8. The minimum atomic E-state index is -0.652. The molecule has 0 aromatic heterocycles. The number of anilines is 1. The molecule has 0 spiro atoms. The summed E-state index contributed by atoms with van der Waals surface area (Å²) in [5.41, 5.74) is 2.36. The van der Waals surface area contributed by atoms with Gasteiger partial charge in [0.15, 0.2) is 11.5 Å². The molecular formula is C21H21N3O5. The Morgan fingerprint density at radius 3 is 2.41 bits per heavy atom. The molecule has 1 fully saturated rings. The zero-order valence-corrected chi connectivity index (χ0v) is 16.3. The van der Waals surface area contributed by atoms with Crippen LogP contribution in [-0.4, -0.2) is 43.5 Å². The summed E-state index contributed by atoms with van der Waals surface area (Å²) in [6.45, 7) is 1.55. The number of nitrogens with one attached hydrogen (secondary N) is 2. The molecule has 3 rings (SSSR count). The van der Waals surface area contributed by atoms with E-state index in [1.807, 2.05) is 19.1 Å². The maximum atomic E-state index is 12.6. The number of aryl methyl sites for hydroxylation is 1. The number of methoxy groups -OCH3 is 2. The van der Waals surface area contributed by atoms with Crippen molar-refractivity contribution in [1.29, 1.82) is 0 Å². The maximum absolute atomic E-state index is 12.6. The second kappa shape index (κ2) is 8.47. The van der Waals surface area contributed by atoms with Gasteiger partial charge in [-0.25, -0.2) is 9.69 Å². The van der Waals surface area contributed by atoms with Crippen LogP contribution in [0.1, 0.15) is 11.1 Å². The van der Waals surface area contributed by atoms with Gasteiger partial charge in [0, 0.05) is 5.69 Å². The van der Waals surface area contributed by atoms with Gasteiger partial charge in [-0.2, -0.15) is 0 Å². The summed E-state index contributed by atoms with van der Waals surface area (Å²) in [6.07, 6.45) is 1.51. The Labute approximate surface area is 168 Å². The minimum Gasteiger partial charge on any atom is -0.493 e. The lowest BCUT2D eigenvalue weighted by Gasteiger charge is -2.12. The fraction of sp³-hybridized carbons (Fsp3) is 0.190. The van der Waals surface area contributed by atoms with Crippen molar-refractivity contribution < 1.29 is 23.9 Å². The van der Waals surface area contributed by atoms with Crippen LogP contribution in [0.15, 0.2) is 48.2 Å². The van der Waals surface area contributed by atoms with E-state index in [0.29, 0.717) is 22.7 Å². The summed E-state index contributed by atoms with van der Waals surface area (Å²) in [7, 11) is 3.03. The molecule has 150 valence electrons. The molecule has 1 saturated heterocycles. The van der Waals surface area contributed by atoms with Crippen LogP contribution < -0.4 is 20.1 Å². The van der Waals surface area contributed by atoms with E-state index in [2.05, 4.69) is 10.6 Å². The fourth-order valence-electron chi connectivity index (χ4n) is 2.81. The quantitative estimate of drug-likeness (QED) is 0.579. The molecule has 2 N–H and O–H groups in total. The highest BCUT2D eigenvalue weighted by Gasteiger charge is 2.34. The van der Waals surface area contributed by atoms with Crippen LogP contribution in [-0.2, 0) is 9.59 Å². The first-order valence-electron chi connectivity index (χ1n) is 8.84. The smallest absolute Gasteiger partial charge is 0.329 e. The highest BCUT2D eigenvalue weighted by atomic mass is 16.5. The number of imide groups is 1. The zero-order valence-electron chi connectivity index (χ0n) is 16.3. The Kier molecular flexibility index (Phi) is 5.82. The van der Waals surface area contributed by atoms with Crippen molar-refractivity contribution in [2.75, 3.05) is 26.1 Å². The molecule has 1 aliphatic heterocycles. The fourth-order valence-corrected chi connectivity index (χ4v) is 2.81. The third-order valence-electron chi connectivity index (χ3n) is 4.32. The molecule has 0 radical (unpaired) electrons. The molecule has 0 aliphatic carbocycles. The first kappa shape index (κ1) is 19.9. The SMILES string of the molecule is COc1ccc(C=C2NC(=O)N(CC(=O)Nc3ccc(C)cc3)C2=O)cc1OC. The molecule has 4 amide bonds. The van der Waals surface area contributed by atoms with Crippen LogP contribution in [0.5, 0.6) is 11.5 Å². The van der Waals surface area contributed by atoms with E-state index in [1.165, 1.54) is 20.3 Å². The molecule has 0 atom stereocenters. The standard InChI is InChI=1S/C21H21N3O5/c1-13-4-7-15(8-5-13)22-19(25)12-24-20(26)16(23-21(24)27)10-14-6-9-17(28-2)18(11-14)29-3/h4-11H,12H2,1-3H3,(H,22,25)(H,23,27). The summed E-state index contributed by atoms with van der Waals surface area (Å²) in [6, 6.07) is 11.7. The Morgan fingerprint density at radius 2 is 1.76 bits per heavy atom. The number of hydrogen-bond acceptors (Lipinski definition) is 5. The largest absolute Gasteiger partial charge is 0.493 e. The summed E-state index contributed by atoms with van der Waals surface area (Å²) in [5, 5.41) is 5.16. The summed E-state index contributed by atoms with van der Waals surface area (Å²) in [5.74, 6) is -0.00708. The number of amides is 4. The molecule has 1 aliphatic rings. The van der Waals surface area contributed by atoms with Crippen molar-refractivity contribution in [3.8, 4) is 11.5 Å². The van der Waals surface area contributed by atoms with Crippen LogP contribution in [0.3, 0.4) is 0 Å². The lowest BCUT2D eigenvalue weighted by molar-refractivity contribution is -0.127. The van der Waals surface area contributed by atoms with E-state index in [0.717, 1.165) is 10.5 Å². The van der Waals surface area contributed by atoms with Crippen LogP contribution >= 0.6 is 0 Å². The van der Waals surface area contributed by atoms with Gasteiger partial charge in [-0.15, -0.1) is 0 Å². The molecule has 0 saturated carbocycles. The van der Waals surface area contributed by atoms with Gasteiger partial charge < -0.3 is 20.1 Å². The van der Waals surface area contributed by atoms with Gasteiger partial charge in [-0.3, -0.25) is 9.59 Å². The van der Waals surface area contributed by atoms with E-state index in [1.54, 1.807) is 30.3 Å². The predicted molar refractivity (Wildman–Crippen MR) is 108 cm³/mol. The van der Waals surface area contributed by atoms with Gasteiger partial charge >= 0.3 is 6.03 Å². The van der Waals surface area contributed by atoms with Gasteiger partial charge in [0.1, 0.15) is 12.2 Å². The van der Waals surface area contributed by atoms with Crippen molar-refractivity contribution in [1.82, 2.24) is 10.2 Å². The first-order valence-corrected chi connectivity index (χ1v) is 8.84. The van der Waals surface area contributed by atoms with Gasteiger partial charge in [-0.05, 0) is 42.8 Å². The van der Waals surface area contributed by atoms with E-state index >= 15 is 0 Å². The normalized spacial score (nSPS) is 14.7. The van der Waals surface area contributed by atoms with Crippen LogP contribution in [0.4, 0.5) is 10.5 Å². The summed E-state index contributed by atoms with van der Waals surface area (Å²) < 4.78 is 10.4. The van der Waals surface area contributed by atoms with Crippen LogP contribution in [0, 0.1) is 6.92 Å². The van der Waals surface area contributed by atoms with Crippen molar-refractivity contribution in [2.45, 2.75) is 6.92 Å². The molecular weight excluding hydrogens is 374 g/mol. The number of hydrogen-bond donors (Lipinski definition) is 2. The Balaban J connectivity index is 1.71. The minimum absolute atomic E-state index is 0.0744. The van der Waals surface area contributed by atoms with Crippen molar-refractivity contribution in [3.05, 3.63) is 59.3 Å². The second-order valence-corrected chi connectivity index (χ2v) is 6.41. The monoisotopic (exact) mass is 395 g/mol. The summed E-state index contributed by atoms with van der Waals surface area (Å²) >= 11 is 0. The average Bonchev–Trinajstić information content (AvgIpc) is 2.97. The molecule has 2 aromatic rings. The van der Waals surface area contributed by atoms with E-state index < -0.39 is 17.8 Å². The molecule has 2 aromatic carbocycles. The maximum Gasteiger partial charge on any atom is 0.329 e. The van der Waals surface area contributed by atoms with Crippen LogP contribution in [0.25, 0.3) is 6.08 Å². The third kappa shape index (κ3) is 4.55. The average molecular weight is 395 g/mol. The molecule has 8 nitrogen and oxygen atoms in total. The van der Waals surface area contributed by atoms with Crippen molar-refractivity contribution >= 4 is 29.6 Å². The van der Waals surface area contributed by atoms with E-state index in [-0.39, 0.29) is 12.2 Å². The third-order valence-corrected chi connectivity index (χ3v) is 4.32. The number of carbonyl (C=O) groups excluding carboxylic acids is 3. The Morgan fingerprint density at radius 1 is 1.07 bits per heavy atom. The number of rotatable bonds is 6. The van der Waals surface area contributed by atoms with Gasteiger partial charge in [0.25, 0.3) is 5.91 Å². The number of nitrogens with zero attached hydrogens (tertiary/aromatic N) is 1. The van der Waals surface area contributed by atoms with Gasteiger partial charge in [0.2, 0.25) is 5.91 Å². The molecule has 29 heavy (non-hydrogen) atoms. The molecule has 0 unspecified atom stereocenters. The Bertz CT molecular complexity index is 982. The number of urea groups is 1. The highest BCUT2D eigenvalue weighted by molar-refractivity contribution is 6.15. The lowest BCUT2D eigenvalue weighted by atomic mass is 10.1. The molecule has 0 bridgehead atoms. The Hall–Kier alpha value is -3.81. The number of carbonyl (C=O) groups is 3. The van der Waals surface area contributed by atoms with Gasteiger partial charge in [-0.1, -0.05) is 23.8 Å². The predicted octanol–water partition coefficient (Wildman–Crippen LogP) is 2.54. The second-order valence-electron chi connectivity index (χ2n) is 6.41. The van der Waals surface area contributed by atoms with Crippen LogP contribution in [0.2, 0.25) is 0 Å². The molecule has 1 heterocycles. The molecule has 8 heteroatoms. The lowest BCUT2D eigenvalue weighted by Crippen LogP contribution is -2.38. The number of ether oxygens (including phenoxy) is 2. The zero-order chi connectivity index (χ0) is 21.0. The van der Waals surface area contributed by atoms with Crippen molar-refractivity contribution in [3.63, 3.8) is 0 Å². The van der Waals surface area contributed by atoms with E-state index in [4.69, 9.17) is 9.47 Å². The van der Waals surface area contributed by atoms with E-state index in [9.17, 15) is 14.4 Å². The topological polar surface area (TPSA) is 97.0 Å². The first-order chi connectivity index (χ1) is 13.9. The van der Waals surface area contributed by atoms with Crippen molar-refractivity contribution in [2.24, 2.45) is 0 Å². The highest BCUT2D eigenvalue weighted by Crippen LogP contribution is 2.28.